The van der Waals surface area contributed by atoms with Crippen LogP contribution in [0.25, 0.3) is 0 Å². The quantitative estimate of drug-likeness (QED) is 0.412. The van der Waals surface area contributed by atoms with Crippen molar-refractivity contribution in [2.45, 2.75) is 6.92 Å². The Labute approximate surface area is 55.4 Å². The van der Waals surface area contributed by atoms with Crippen LogP contribution in [0, 0.1) is 0 Å². The number of hydrogen-bond donors (Lipinski definition) is 0. The molecule has 0 aliphatic carbocycles. The smallest absolute Gasteiger partial charge is 0.159 e. The normalized spacial score (nSPS) is 9.44. The highest BCUT2D eigenvalue weighted by atomic mass is 16.1. The van der Waals surface area contributed by atoms with Crippen LogP contribution in [-0.4, -0.2) is 5.78 Å². The lowest BCUT2D eigenvalue weighted by Gasteiger charge is -1.86. The summed E-state index contributed by atoms with van der Waals surface area (Å²) in [6.07, 6.45) is 4.92. The molecule has 1 heteroatoms. The summed E-state index contributed by atoms with van der Waals surface area (Å²) in [6.45, 7) is 8.44. The van der Waals surface area contributed by atoms with E-state index in [0.717, 1.165) is 0 Å². The maximum atomic E-state index is 10.5. The van der Waals surface area contributed by atoms with E-state index in [1.165, 1.54) is 6.92 Å². The van der Waals surface area contributed by atoms with Gasteiger partial charge in [-0.25, -0.2) is 0 Å². The van der Waals surface area contributed by atoms with Crippen LogP contribution in [0.15, 0.2) is 37.0 Å². The molecule has 0 aliphatic rings. The topological polar surface area (TPSA) is 17.1 Å². The molecule has 0 amide bonds. The Morgan fingerprint density at radius 2 is 2.11 bits per heavy atom. The summed E-state index contributed by atoms with van der Waals surface area (Å²) in [5.41, 5.74) is 0.509. The van der Waals surface area contributed by atoms with Crippen molar-refractivity contribution in [1.82, 2.24) is 0 Å². The number of rotatable bonds is 3. The second-order valence-electron chi connectivity index (χ2n) is 1.68. The first kappa shape index (κ1) is 7.89. The molecule has 0 aliphatic heterocycles. The lowest BCUT2D eigenvalue weighted by atomic mass is 10.2. The van der Waals surface area contributed by atoms with E-state index in [1.807, 2.05) is 0 Å². The van der Waals surface area contributed by atoms with E-state index in [2.05, 4.69) is 13.2 Å². The number of ketones is 1. The lowest BCUT2D eigenvalue weighted by Crippen LogP contribution is -1.89. The molecule has 9 heavy (non-hydrogen) atoms. The summed E-state index contributed by atoms with van der Waals surface area (Å²) < 4.78 is 0. The van der Waals surface area contributed by atoms with Gasteiger partial charge in [0.2, 0.25) is 0 Å². The predicted molar refractivity (Wildman–Crippen MR) is 39.2 cm³/mol. The summed E-state index contributed by atoms with van der Waals surface area (Å²) in [5.74, 6) is -0.00639. The van der Waals surface area contributed by atoms with Gasteiger partial charge in [0.25, 0.3) is 0 Å². The minimum Gasteiger partial charge on any atom is -0.295 e. The maximum Gasteiger partial charge on any atom is 0.159 e. The van der Waals surface area contributed by atoms with Crippen LogP contribution in [0.5, 0.6) is 0 Å². The zero-order chi connectivity index (χ0) is 7.28. The van der Waals surface area contributed by atoms with Gasteiger partial charge in [-0.05, 0) is 6.92 Å². The van der Waals surface area contributed by atoms with Crippen LogP contribution in [0.2, 0.25) is 0 Å². The Balaban J connectivity index is 3.92. The lowest BCUT2D eigenvalue weighted by molar-refractivity contribution is -0.113. The predicted octanol–water partition coefficient (Wildman–Crippen LogP) is 1.87. The third-order valence-corrected chi connectivity index (χ3v) is 0.886. The average Bonchev–Trinajstić information content (AvgIpc) is 1.82. The molecule has 0 atom stereocenters. The molecule has 0 aromatic heterocycles. The van der Waals surface area contributed by atoms with E-state index in [1.54, 1.807) is 18.2 Å². The molecule has 0 radical (unpaired) electrons. The van der Waals surface area contributed by atoms with E-state index >= 15 is 0 Å². The summed E-state index contributed by atoms with van der Waals surface area (Å²) in [5, 5.41) is 0. The standard InChI is InChI=1S/C8H10O/c1-4-5-6-7(2)8(3)9/h4-6H,1-2H2,3H3/b6-5-. The number of carbonyl (C=O) groups excluding carboxylic acids is 1. The number of allylic oxidation sites excluding steroid dienone is 4. The SMILES string of the molecule is C=C/C=C\C(=C)C(C)=O. The molecule has 0 heterocycles. The van der Waals surface area contributed by atoms with Gasteiger partial charge in [0.05, 0.1) is 0 Å². The van der Waals surface area contributed by atoms with Crippen LogP contribution in [0.4, 0.5) is 0 Å². The molecule has 0 rings (SSSR count). The minimum atomic E-state index is -0.00639. The first-order valence-corrected chi connectivity index (χ1v) is 2.67. The van der Waals surface area contributed by atoms with Gasteiger partial charge in [-0.3, -0.25) is 4.79 Å². The van der Waals surface area contributed by atoms with Crippen molar-refractivity contribution in [2.75, 3.05) is 0 Å². The van der Waals surface area contributed by atoms with Crippen LogP contribution in [0.3, 0.4) is 0 Å². The molecule has 0 bridgehead atoms. The second-order valence-corrected chi connectivity index (χ2v) is 1.68. The minimum absolute atomic E-state index is 0.00639. The highest BCUT2D eigenvalue weighted by molar-refractivity contribution is 5.95. The fraction of sp³-hybridized carbons (Fsp3) is 0.125. The van der Waals surface area contributed by atoms with Crippen molar-refractivity contribution >= 4 is 5.78 Å². The summed E-state index contributed by atoms with van der Waals surface area (Å²) in [7, 11) is 0. The van der Waals surface area contributed by atoms with Crippen LogP contribution in [0.1, 0.15) is 6.92 Å². The van der Waals surface area contributed by atoms with Gasteiger partial charge in [0.15, 0.2) is 5.78 Å². The van der Waals surface area contributed by atoms with E-state index < -0.39 is 0 Å². The number of hydrogen-bond acceptors (Lipinski definition) is 1. The Morgan fingerprint density at radius 3 is 2.44 bits per heavy atom. The first-order valence-electron chi connectivity index (χ1n) is 2.67. The third kappa shape index (κ3) is 3.47. The number of carbonyl (C=O) groups is 1. The molecule has 0 aromatic rings. The van der Waals surface area contributed by atoms with E-state index in [-0.39, 0.29) is 5.78 Å². The number of Topliss-reactive ketones (excluding diaryl/α,β-unsaturated/α-hetero) is 1. The van der Waals surface area contributed by atoms with Crippen molar-refractivity contribution in [1.29, 1.82) is 0 Å². The fourth-order valence-corrected chi connectivity index (χ4v) is 0.302. The van der Waals surface area contributed by atoms with E-state index in [4.69, 9.17) is 0 Å². The van der Waals surface area contributed by atoms with Crippen LogP contribution >= 0.6 is 0 Å². The molecule has 0 spiro atoms. The third-order valence-electron chi connectivity index (χ3n) is 0.886. The van der Waals surface area contributed by atoms with Gasteiger partial charge >= 0.3 is 0 Å². The van der Waals surface area contributed by atoms with Gasteiger partial charge in [-0.2, -0.15) is 0 Å². The largest absolute Gasteiger partial charge is 0.295 e. The van der Waals surface area contributed by atoms with Crippen LogP contribution < -0.4 is 0 Å². The zero-order valence-corrected chi connectivity index (χ0v) is 5.55. The molecule has 0 N–H and O–H groups in total. The van der Waals surface area contributed by atoms with Crippen molar-refractivity contribution in [3.63, 3.8) is 0 Å². The van der Waals surface area contributed by atoms with Crippen molar-refractivity contribution in [3.05, 3.63) is 37.0 Å². The Bertz CT molecular complexity index is 163. The summed E-state index contributed by atoms with van der Waals surface area (Å²) in [6, 6.07) is 0. The van der Waals surface area contributed by atoms with Gasteiger partial charge in [0, 0.05) is 5.57 Å². The monoisotopic (exact) mass is 122 g/mol. The first-order chi connectivity index (χ1) is 4.18. The molecular formula is C8H10O. The molecule has 48 valence electrons. The molecule has 0 aromatic carbocycles. The average molecular weight is 122 g/mol. The Hall–Kier alpha value is -1.11. The Kier molecular flexibility index (Phi) is 3.37. The van der Waals surface area contributed by atoms with E-state index in [0.29, 0.717) is 5.57 Å². The molecule has 0 unspecified atom stereocenters. The maximum absolute atomic E-state index is 10.5. The summed E-state index contributed by atoms with van der Waals surface area (Å²) in [4.78, 5) is 10.5. The van der Waals surface area contributed by atoms with Crippen molar-refractivity contribution < 1.29 is 4.79 Å². The Morgan fingerprint density at radius 1 is 1.56 bits per heavy atom. The summed E-state index contributed by atoms with van der Waals surface area (Å²) >= 11 is 0. The zero-order valence-electron chi connectivity index (χ0n) is 5.55. The van der Waals surface area contributed by atoms with Crippen LogP contribution in [-0.2, 0) is 4.79 Å². The van der Waals surface area contributed by atoms with Gasteiger partial charge in [-0.1, -0.05) is 31.4 Å². The molecular weight excluding hydrogens is 112 g/mol. The van der Waals surface area contributed by atoms with Crippen molar-refractivity contribution in [2.24, 2.45) is 0 Å². The van der Waals surface area contributed by atoms with Crippen molar-refractivity contribution in [3.8, 4) is 0 Å². The highest BCUT2D eigenvalue weighted by Gasteiger charge is 1.90. The second kappa shape index (κ2) is 3.84. The van der Waals surface area contributed by atoms with Gasteiger partial charge < -0.3 is 0 Å². The molecule has 0 saturated heterocycles. The fourth-order valence-electron chi connectivity index (χ4n) is 0.302. The molecule has 0 saturated carbocycles. The highest BCUT2D eigenvalue weighted by Crippen LogP contribution is 1.92. The van der Waals surface area contributed by atoms with Gasteiger partial charge in [0.1, 0.15) is 0 Å². The van der Waals surface area contributed by atoms with Gasteiger partial charge in [-0.15, -0.1) is 0 Å². The molecule has 0 fully saturated rings. The molecule has 1 nitrogen and oxygen atoms in total. The van der Waals surface area contributed by atoms with E-state index in [9.17, 15) is 4.79 Å².